The third kappa shape index (κ3) is 1.91. The fourth-order valence-electron chi connectivity index (χ4n) is 0.495. The zero-order valence-electron chi connectivity index (χ0n) is 5.47. The van der Waals surface area contributed by atoms with Crippen LogP contribution in [0.15, 0.2) is 0 Å². The van der Waals surface area contributed by atoms with E-state index in [2.05, 4.69) is 0 Å². The van der Waals surface area contributed by atoms with Gasteiger partial charge in [-0.25, -0.2) is 13.2 Å². The van der Waals surface area contributed by atoms with Gasteiger partial charge in [0.25, 0.3) is 0 Å². The Balaban J connectivity index is 0.00000121. The maximum atomic E-state index is 12.0. The molecular formula is C6F5Sc-. The van der Waals surface area contributed by atoms with Crippen molar-refractivity contribution in [2.45, 2.75) is 0 Å². The van der Waals surface area contributed by atoms with Gasteiger partial charge in [-0.2, -0.15) is 0 Å². The SMILES string of the molecule is Fc1[c-]c(F)c(F)c(F)c1F.[Sc]. The normalized spacial score (nSPS) is 9.42. The molecule has 1 aromatic carbocycles. The minimum Gasteiger partial charge on any atom is -0.278 e. The van der Waals surface area contributed by atoms with Gasteiger partial charge in [0.05, 0.1) is 29.1 Å². The van der Waals surface area contributed by atoms with Gasteiger partial charge in [-0.15, -0.1) is 6.07 Å². The van der Waals surface area contributed by atoms with E-state index in [9.17, 15) is 22.0 Å². The summed E-state index contributed by atoms with van der Waals surface area (Å²) in [5.74, 6) is -10.0. The van der Waals surface area contributed by atoms with Crippen molar-refractivity contribution in [3.8, 4) is 0 Å². The Kier molecular flexibility index (Phi) is 4.02. The number of hydrogen-bond donors (Lipinski definition) is 0. The van der Waals surface area contributed by atoms with E-state index < -0.39 is 29.1 Å². The van der Waals surface area contributed by atoms with E-state index in [1.807, 2.05) is 0 Å². The van der Waals surface area contributed by atoms with Gasteiger partial charge in [-0.1, -0.05) is 0 Å². The molecule has 0 aliphatic carbocycles. The van der Waals surface area contributed by atoms with Crippen LogP contribution in [-0.2, 0) is 25.8 Å². The summed E-state index contributed by atoms with van der Waals surface area (Å²) in [6.07, 6.45) is 0. The summed E-state index contributed by atoms with van der Waals surface area (Å²) in [6, 6.07) is 1.02. The van der Waals surface area contributed by atoms with Crippen molar-refractivity contribution in [3.63, 3.8) is 0 Å². The summed E-state index contributed by atoms with van der Waals surface area (Å²) in [6.45, 7) is 0. The Morgan fingerprint density at radius 3 is 1.33 bits per heavy atom. The molecule has 1 aromatic rings. The van der Waals surface area contributed by atoms with Crippen molar-refractivity contribution in [3.05, 3.63) is 35.2 Å². The monoisotopic (exact) mass is 212 g/mol. The molecule has 0 saturated heterocycles. The Morgan fingerprint density at radius 2 is 1.00 bits per heavy atom. The van der Waals surface area contributed by atoms with Crippen LogP contribution in [0.5, 0.6) is 0 Å². The molecule has 0 fully saturated rings. The Bertz CT molecular complexity index is 272. The van der Waals surface area contributed by atoms with E-state index in [0.717, 1.165) is 6.07 Å². The molecule has 0 amide bonds. The summed E-state index contributed by atoms with van der Waals surface area (Å²) < 4.78 is 59.9. The first-order valence-electron chi connectivity index (χ1n) is 2.44. The summed E-state index contributed by atoms with van der Waals surface area (Å²) in [5.41, 5.74) is 0. The van der Waals surface area contributed by atoms with E-state index in [-0.39, 0.29) is 25.8 Å². The van der Waals surface area contributed by atoms with Crippen molar-refractivity contribution in [1.29, 1.82) is 0 Å². The summed E-state index contributed by atoms with van der Waals surface area (Å²) in [4.78, 5) is 0. The molecule has 0 nitrogen and oxygen atoms in total. The van der Waals surface area contributed by atoms with Gasteiger partial charge in [0.1, 0.15) is 0 Å². The number of benzene rings is 1. The first-order chi connectivity index (χ1) is 5.04. The van der Waals surface area contributed by atoms with Crippen LogP contribution in [0.1, 0.15) is 0 Å². The van der Waals surface area contributed by atoms with E-state index in [4.69, 9.17) is 0 Å². The van der Waals surface area contributed by atoms with Crippen LogP contribution in [0.25, 0.3) is 0 Å². The first kappa shape index (κ1) is 11.7. The van der Waals surface area contributed by atoms with Crippen molar-refractivity contribution in [2.75, 3.05) is 0 Å². The van der Waals surface area contributed by atoms with Crippen molar-refractivity contribution < 1.29 is 47.8 Å². The van der Waals surface area contributed by atoms with Crippen LogP contribution >= 0.6 is 0 Å². The summed E-state index contributed by atoms with van der Waals surface area (Å²) in [5, 5.41) is 0. The standard InChI is InChI=1S/C6F5.Sc/c7-2-1-3(8)5(10)6(11)4(2)9;/q-1;. The third-order valence-electron chi connectivity index (χ3n) is 0.990. The van der Waals surface area contributed by atoms with E-state index in [1.54, 1.807) is 0 Å². The Hall–Kier alpha value is -0.260. The average molecular weight is 212 g/mol. The molecule has 0 N–H and O–H groups in total. The minimum atomic E-state index is -2.17. The molecule has 63 valence electrons. The van der Waals surface area contributed by atoms with Gasteiger partial charge in [-0.3, -0.25) is 8.78 Å². The predicted octanol–water partition coefficient (Wildman–Crippen LogP) is 2.18. The fourth-order valence-corrected chi connectivity index (χ4v) is 0.495. The molecule has 6 heteroatoms. The van der Waals surface area contributed by atoms with Gasteiger partial charge in [-0.05, 0) is 0 Å². The van der Waals surface area contributed by atoms with Crippen molar-refractivity contribution >= 4 is 0 Å². The smallest absolute Gasteiger partial charge is 0.0893 e. The number of rotatable bonds is 0. The molecule has 0 aliphatic rings. The molecule has 0 aromatic heterocycles. The van der Waals surface area contributed by atoms with E-state index in [1.165, 1.54) is 0 Å². The van der Waals surface area contributed by atoms with Crippen LogP contribution < -0.4 is 0 Å². The molecule has 0 saturated carbocycles. The molecule has 0 heterocycles. The van der Waals surface area contributed by atoms with Crippen molar-refractivity contribution in [1.82, 2.24) is 0 Å². The Morgan fingerprint density at radius 1 is 0.667 bits per heavy atom. The summed E-state index contributed by atoms with van der Waals surface area (Å²) in [7, 11) is 0. The maximum absolute atomic E-state index is 12.0. The molecule has 1 rings (SSSR count). The van der Waals surface area contributed by atoms with Crippen molar-refractivity contribution in [2.24, 2.45) is 0 Å². The van der Waals surface area contributed by atoms with Gasteiger partial charge in [0, 0.05) is 25.8 Å². The molecule has 0 bridgehead atoms. The van der Waals surface area contributed by atoms with Gasteiger partial charge >= 0.3 is 0 Å². The van der Waals surface area contributed by atoms with Gasteiger partial charge in [0.15, 0.2) is 0 Å². The fraction of sp³-hybridized carbons (Fsp3) is 0. The zero-order chi connectivity index (χ0) is 8.59. The second-order valence-corrected chi connectivity index (χ2v) is 1.69. The number of halogens is 5. The summed E-state index contributed by atoms with van der Waals surface area (Å²) >= 11 is 0. The molecule has 12 heavy (non-hydrogen) atoms. The van der Waals surface area contributed by atoms with Gasteiger partial charge in [0.2, 0.25) is 0 Å². The quantitative estimate of drug-likeness (QED) is 0.267. The average Bonchev–Trinajstić information content (AvgIpc) is 1.97. The van der Waals surface area contributed by atoms with Crippen LogP contribution in [0.3, 0.4) is 0 Å². The van der Waals surface area contributed by atoms with E-state index in [0.29, 0.717) is 0 Å². The van der Waals surface area contributed by atoms with Crippen LogP contribution in [0.4, 0.5) is 22.0 Å². The molecule has 0 spiro atoms. The Labute approximate surface area is 83.2 Å². The zero-order valence-corrected chi connectivity index (χ0v) is 7.27. The molecule has 1 radical (unpaired) electrons. The topological polar surface area (TPSA) is 0 Å². The van der Waals surface area contributed by atoms with Crippen LogP contribution in [0.2, 0.25) is 0 Å². The largest absolute Gasteiger partial charge is 0.278 e. The maximum Gasteiger partial charge on any atom is 0.0893 e. The van der Waals surface area contributed by atoms with Crippen LogP contribution in [-0.4, -0.2) is 0 Å². The van der Waals surface area contributed by atoms with Gasteiger partial charge < -0.3 is 0 Å². The third-order valence-corrected chi connectivity index (χ3v) is 0.990. The number of hydrogen-bond acceptors (Lipinski definition) is 0. The van der Waals surface area contributed by atoms with Crippen LogP contribution in [0, 0.1) is 35.2 Å². The first-order valence-corrected chi connectivity index (χ1v) is 2.44. The molecular weight excluding hydrogens is 212 g/mol. The predicted molar refractivity (Wildman–Crippen MR) is 25.1 cm³/mol. The molecule has 0 unspecified atom stereocenters. The second kappa shape index (κ2) is 4.11. The second-order valence-electron chi connectivity index (χ2n) is 1.69. The molecule has 0 atom stereocenters. The molecule has 0 aliphatic heterocycles. The van der Waals surface area contributed by atoms with E-state index >= 15 is 0 Å². The minimum absolute atomic E-state index is 0.